The Labute approximate surface area is 136 Å². The minimum atomic E-state index is -0.841. The van der Waals surface area contributed by atoms with Crippen LogP contribution in [0, 0.1) is 0 Å². The molecule has 0 heterocycles. The second kappa shape index (κ2) is 12.8. The van der Waals surface area contributed by atoms with Crippen LogP contribution in [-0.2, 0) is 20.8 Å². The topological polar surface area (TPSA) is 88.5 Å². The van der Waals surface area contributed by atoms with E-state index in [4.69, 9.17) is 19.3 Å². The molecule has 1 aromatic rings. The Morgan fingerprint density at radius 2 is 1.70 bits per heavy atom. The number of carbonyl (C=O) groups excluding carboxylic acids is 1. The van der Waals surface area contributed by atoms with Crippen molar-refractivity contribution in [1.29, 1.82) is 0 Å². The van der Waals surface area contributed by atoms with Crippen molar-refractivity contribution in [1.82, 2.24) is 5.06 Å². The van der Waals surface area contributed by atoms with Gasteiger partial charge in [0.2, 0.25) is 0 Å². The molecule has 7 nitrogen and oxygen atoms in total. The van der Waals surface area contributed by atoms with E-state index in [0.717, 1.165) is 24.8 Å². The van der Waals surface area contributed by atoms with Gasteiger partial charge in [0.15, 0.2) is 0 Å². The van der Waals surface area contributed by atoms with E-state index in [1.165, 1.54) is 0 Å². The molecule has 0 aliphatic rings. The lowest BCUT2D eigenvalue weighted by molar-refractivity contribution is -0.139. The average molecular weight is 327 g/mol. The molecule has 0 saturated carbocycles. The molecule has 130 valence electrons. The summed E-state index contributed by atoms with van der Waals surface area (Å²) < 4.78 is 15.3. The van der Waals surface area contributed by atoms with E-state index in [9.17, 15) is 10.0 Å². The van der Waals surface area contributed by atoms with Crippen LogP contribution in [0.1, 0.15) is 24.8 Å². The maximum atomic E-state index is 11.5. The largest absolute Gasteiger partial charge is 0.443 e. The molecule has 23 heavy (non-hydrogen) atoms. The first-order valence-electron chi connectivity index (χ1n) is 7.67. The molecule has 0 aliphatic carbocycles. The van der Waals surface area contributed by atoms with Crippen LogP contribution in [-0.4, -0.2) is 54.6 Å². The van der Waals surface area contributed by atoms with Crippen LogP contribution in [0.25, 0.3) is 0 Å². The first-order chi connectivity index (χ1) is 11.2. The monoisotopic (exact) mass is 327 g/mol. The van der Waals surface area contributed by atoms with Gasteiger partial charge < -0.3 is 19.3 Å². The molecule has 0 radical (unpaired) electrons. The molecule has 0 unspecified atom stereocenters. The number of amides is 1. The molecule has 2 N–H and O–H groups in total. The Bertz CT molecular complexity index is 414. The van der Waals surface area contributed by atoms with Crippen molar-refractivity contribution in [3.05, 3.63) is 35.9 Å². The van der Waals surface area contributed by atoms with Gasteiger partial charge in [-0.1, -0.05) is 30.3 Å². The molecule has 0 spiro atoms. The van der Waals surface area contributed by atoms with Crippen molar-refractivity contribution in [3.63, 3.8) is 0 Å². The summed E-state index contributed by atoms with van der Waals surface area (Å²) in [5.74, 6) is 0. The summed E-state index contributed by atoms with van der Waals surface area (Å²) in [6.07, 6.45) is 1.75. The minimum absolute atomic E-state index is 0.0375. The van der Waals surface area contributed by atoms with Crippen molar-refractivity contribution >= 4 is 6.09 Å². The molecule has 0 bridgehead atoms. The summed E-state index contributed by atoms with van der Waals surface area (Å²) in [4.78, 5) is 11.5. The van der Waals surface area contributed by atoms with Crippen molar-refractivity contribution in [3.8, 4) is 0 Å². The maximum absolute atomic E-state index is 11.5. The third-order valence-corrected chi connectivity index (χ3v) is 2.94. The number of aliphatic hydroxyl groups excluding tert-OH is 1. The molecule has 1 rings (SSSR count). The van der Waals surface area contributed by atoms with Gasteiger partial charge in [-0.15, -0.1) is 0 Å². The Morgan fingerprint density at radius 3 is 2.39 bits per heavy atom. The van der Waals surface area contributed by atoms with E-state index in [0.29, 0.717) is 24.9 Å². The second-order valence-electron chi connectivity index (χ2n) is 4.87. The van der Waals surface area contributed by atoms with Gasteiger partial charge in [-0.3, -0.25) is 5.21 Å². The third-order valence-electron chi connectivity index (χ3n) is 2.94. The van der Waals surface area contributed by atoms with Crippen LogP contribution in [0.5, 0.6) is 0 Å². The minimum Gasteiger partial charge on any atom is -0.443 e. The zero-order valence-corrected chi connectivity index (χ0v) is 13.2. The van der Waals surface area contributed by atoms with Crippen LogP contribution in [0.15, 0.2) is 30.3 Å². The van der Waals surface area contributed by atoms with Gasteiger partial charge in [0.1, 0.15) is 13.3 Å². The van der Waals surface area contributed by atoms with Crippen LogP contribution in [0.3, 0.4) is 0 Å². The van der Waals surface area contributed by atoms with Crippen molar-refractivity contribution < 1.29 is 29.3 Å². The summed E-state index contributed by atoms with van der Waals surface area (Å²) in [6.45, 7) is 1.32. The highest BCUT2D eigenvalue weighted by Gasteiger charge is 2.12. The Balaban J connectivity index is 1.98. The summed E-state index contributed by atoms with van der Waals surface area (Å²) in [5, 5.41) is 18.4. The van der Waals surface area contributed by atoms with E-state index in [1.807, 2.05) is 30.3 Å². The Morgan fingerprint density at radius 1 is 1.00 bits per heavy atom. The zero-order chi connectivity index (χ0) is 16.8. The van der Waals surface area contributed by atoms with Crippen LogP contribution >= 0.6 is 0 Å². The van der Waals surface area contributed by atoms with E-state index >= 15 is 0 Å². The highest BCUT2D eigenvalue weighted by atomic mass is 16.7. The summed E-state index contributed by atoms with van der Waals surface area (Å²) >= 11 is 0. The number of hydrogen-bond acceptors (Lipinski definition) is 6. The van der Waals surface area contributed by atoms with Crippen LogP contribution < -0.4 is 0 Å². The lowest BCUT2D eigenvalue weighted by Gasteiger charge is -2.15. The number of hydroxylamine groups is 2. The highest BCUT2D eigenvalue weighted by Crippen LogP contribution is 2.03. The Kier molecular flexibility index (Phi) is 10.8. The summed E-state index contributed by atoms with van der Waals surface area (Å²) in [5.41, 5.74) is 0.846. The number of ether oxygens (including phenoxy) is 3. The van der Waals surface area contributed by atoms with E-state index in [1.54, 1.807) is 0 Å². The van der Waals surface area contributed by atoms with E-state index in [-0.39, 0.29) is 19.9 Å². The number of rotatable bonds is 12. The normalized spacial score (nSPS) is 10.5. The lowest BCUT2D eigenvalue weighted by Crippen LogP contribution is -2.30. The van der Waals surface area contributed by atoms with Crippen molar-refractivity contribution in [2.75, 3.05) is 33.2 Å². The molecule has 1 aromatic carbocycles. The molecule has 0 atom stereocenters. The van der Waals surface area contributed by atoms with Gasteiger partial charge in [0.05, 0.1) is 13.2 Å². The van der Waals surface area contributed by atoms with E-state index < -0.39 is 6.09 Å². The number of aliphatic hydroxyl groups is 1. The van der Waals surface area contributed by atoms with Gasteiger partial charge in [-0.25, -0.2) is 4.79 Å². The third kappa shape index (κ3) is 9.85. The molecular formula is C16H25NO6. The van der Waals surface area contributed by atoms with Gasteiger partial charge in [0, 0.05) is 13.2 Å². The molecule has 0 fully saturated rings. The summed E-state index contributed by atoms with van der Waals surface area (Å²) in [6, 6.07) is 9.22. The second-order valence-corrected chi connectivity index (χ2v) is 4.87. The summed E-state index contributed by atoms with van der Waals surface area (Å²) in [7, 11) is 0. The van der Waals surface area contributed by atoms with Gasteiger partial charge in [-0.05, 0) is 24.8 Å². The van der Waals surface area contributed by atoms with E-state index in [2.05, 4.69) is 0 Å². The molecule has 0 aromatic heterocycles. The smallest absolute Gasteiger partial charge is 0.436 e. The number of nitrogens with zero attached hydrogens (tertiary/aromatic N) is 1. The van der Waals surface area contributed by atoms with Gasteiger partial charge >= 0.3 is 6.09 Å². The maximum Gasteiger partial charge on any atom is 0.436 e. The predicted octanol–water partition coefficient (Wildman–Crippen LogP) is 2.17. The van der Waals surface area contributed by atoms with Gasteiger partial charge in [0.25, 0.3) is 0 Å². The number of carbonyl (C=O) groups is 1. The molecule has 0 aliphatic heterocycles. The quantitative estimate of drug-likeness (QED) is 0.265. The predicted molar refractivity (Wildman–Crippen MR) is 82.8 cm³/mol. The van der Waals surface area contributed by atoms with Crippen LogP contribution in [0.2, 0.25) is 0 Å². The molecular weight excluding hydrogens is 302 g/mol. The highest BCUT2D eigenvalue weighted by molar-refractivity contribution is 5.65. The van der Waals surface area contributed by atoms with Crippen molar-refractivity contribution in [2.24, 2.45) is 0 Å². The fourth-order valence-electron chi connectivity index (χ4n) is 1.75. The molecule has 1 amide bonds. The van der Waals surface area contributed by atoms with Crippen LogP contribution in [0.4, 0.5) is 4.79 Å². The fourth-order valence-corrected chi connectivity index (χ4v) is 1.75. The average Bonchev–Trinajstić information content (AvgIpc) is 2.59. The number of hydrogen-bond donors (Lipinski definition) is 2. The molecule has 7 heteroatoms. The standard InChI is InChI=1S/C16H25NO6/c18-9-12-21-10-5-2-6-11-22-14-17(20)16(19)23-13-15-7-3-1-4-8-15/h1,3-4,7-8,18,20H,2,5-6,9-14H2. The fraction of sp³-hybridized carbons (Fsp3) is 0.562. The lowest BCUT2D eigenvalue weighted by atomic mass is 10.2. The Hall–Kier alpha value is -1.67. The van der Waals surface area contributed by atoms with Crippen molar-refractivity contribution in [2.45, 2.75) is 25.9 Å². The SMILES string of the molecule is O=C(OCc1ccccc1)N(O)COCCCCCOCCO. The zero-order valence-electron chi connectivity index (χ0n) is 13.2. The molecule has 0 saturated heterocycles. The first kappa shape index (κ1) is 19.4. The first-order valence-corrected chi connectivity index (χ1v) is 7.67. The van der Waals surface area contributed by atoms with Gasteiger partial charge in [-0.2, -0.15) is 5.06 Å². The number of benzene rings is 1. The number of unbranched alkanes of at least 4 members (excludes halogenated alkanes) is 2.